The van der Waals surface area contributed by atoms with Crippen molar-refractivity contribution in [1.29, 1.82) is 0 Å². The minimum Gasteiger partial charge on any atom is -0.393 e. The average Bonchev–Trinajstić information content (AvgIpc) is 2.48. The number of hydrogen-bond donors (Lipinski definition) is 2. The summed E-state index contributed by atoms with van der Waals surface area (Å²) in [4.78, 5) is 1.36. The van der Waals surface area contributed by atoms with Crippen molar-refractivity contribution >= 4 is 27.3 Å². The molecule has 0 radical (unpaired) electrons. The quantitative estimate of drug-likeness (QED) is 0.885. The summed E-state index contributed by atoms with van der Waals surface area (Å²) < 4.78 is 1.17. The lowest BCUT2D eigenvalue weighted by Gasteiger charge is -2.31. The fourth-order valence-electron chi connectivity index (χ4n) is 1.71. The molecule has 1 aliphatic carbocycles. The summed E-state index contributed by atoms with van der Waals surface area (Å²) in [6, 6.07) is 2.15. The van der Waals surface area contributed by atoms with Crippen molar-refractivity contribution in [2.45, 2.75) is 25.5 Å². The number of rotatable bonds is 4. The smallest absolute Gasteiger partial charge is 0.0546 e. The van der Waals surface area contributed by atoms with Crippen LogP contribution in [0.4, 0.5) is 0 Å². The molecule has 0 saturated heterocycles. The Hall–Kier alpha value is 0.1000. The molecule has 0 unspecified atom stereocenters. The number of halogens is 1. The lowest BCUT2D eigenvalue weighted by atomic mass is 9.82. The predicted molar refractivity (Wildman–Crippen MR) is 62.5 cm³/mol. The van der Waals surface area contributed by atoms with Gasteiger partial charge in [-0.1, -0.05) is 0 Å². The summed E-state index contributed by atoms with van der Waals surface area (Å²) in [5.41, 5.74) is 0. The molecule has 1 aromatic rings. The van der Waals surface area contributed by atoms with Crippen molar-refractivity contribution in [2.24, 2.45) is 5.92 Å². The molecular formula is C10H14BrNOS. The van der Waals surface area contributed by atoms with E-state index in [0.29, 0.717) is 5.92 Å². The van der Waals surface area contributed by atoms with Crippen molar-refractivity contribution in [3.8, 4) is 0 Å². The molecular weight excluding hydrogens is 262 g/mol. The zero-order valence-electron chi connectivity index (χ0n) is 7.87. The van der Waals surface area contributed by atoms with Crippen LogP contribution in [0.2, 0.25) is 0 Å². The summed E-state index contributed by atoms with van der Waals surface area (Å²) in [6.07, 6.45) is 1.92. The fraction of sp³-hybridized carbons (Fsp3) is 0.600. The van der Waals surface area contributed by atoms with Gasteiger partial charge in [-0.2, -0.15) is 0 Å². The van der Waals surface area contributed by atoms with Crippen molar-refractivity contribution < 1.29 is 5.11 Å². The third-order valence-electron chi connectivity index (χ3n) is 2.56. The van der Waals surface area contributed by atoms with Gasteiger partial charge in [0, 0.05) is 21.3 Å². The van der Waals surface area contributed by atoms with Crippen LogP contribution in [-0.4, -0.2) is 17.8 Å². The molecule has 1 fully saturated rings. The maximum atomic E-state index is 9.11. The first-order valence-corrected chi connectivity index (χ1v) is 6.53. The Morgan fingerprint density at radius 3 is 2.93 bits per heavy atom. The SMILES string of the molecule is OC1CC(CNCc2cc(Br)cs2)C1. The van der Waals surface area contributed by atoms with Gasteiger partial charge in [0.15, 0.2) is 0 Å². The van der Waals surface area contributed by atoms with Crippen LogP contribution >= 0.6 is 27.3 Å². The maximum Gasteiger partial charge on any atom is 0.0546 e. The van der Waals surface area contributed by atoms with Gasteiger partial charge < -0.3 is 10.4 Å². The number of hydrogen-bond acceptors (Lipinski definition) is 3. The third kappa shape index (κ3) is 2.79. The second-order valence-corrected chi connectivity index (χ2v) is 5.76. The summed E-state index contributed by atoms with van der Waals surface area (Å²) in [7, 11) is 0. The van der Waals surface area contributed by atoms with Crippen molar-refractivity contribution in [2.75, 3.05) is 6.54 Å². The van der Waals surface area contributed by atoms with Crippen LogP contribution in [-0.2, 0) is 6.54 Å². The predicted octanol–water partition coefficient (Wildman–Crippen LogP) is 2.37. The van der Waals surface area contributed by atoms with Crippen LogP contribution in [0.25, 0.3) is 0 Å². The van der Waals surface area contributed by atoms with Gasteiger partial charge in [0.2, 0.25) is 0 Å². The molecule has 0 aromatic carbocycles. The van der Waals surface area contributed by atoms with Crippen molar-refractivity contribution in [3.05, 3.63) is 20.8 Å². The van der Waals surface area contributed by atoms with Crippen LogP contribution in [0, 0.1) is 5.92 Å². The first kappa shape index (κ1) is 10.6. The monoisotopic (exact) mass is 275 g/mol. The number of aliphatic hydroxyl groups excluding tert-OH is 1. The van der Waals surface area contributed by atoms with E-state index in [9.17, 15) is 0 Å². The Morgan fingerprint density at radius 1 is 1.57 bits per heavy atom. The Labute approximate surface area is 96.5 Å². The molecule has 0 atom stereocenters. The molecule has 1 heterocycles. The molecule has 0 amide bonds. The molecule has 4 heteroatoms. The molecule has 2 N–H and O–H groups in total. The highest BCUT2D eigenvalue weighted by Gasteiger charge is 2.26. The highest BCUT2D eigenvalue weighted by Crippen LogP contribution is 2.26. The van der Waals surface area contributed by atoms with Gasteiger partial charge in [-0.3, -0.25) is 0 Å². The van der Waals surface area contributed by atoms with E-state index in [1.54, 1.807) is 11.3 Å². The lowest BCUT2D eigenvalue weighted by Crippen LogP contribution is -2.35. The molecule has 0 aliphatic heterocycles. The van der Waals surface area contributed by atoms with E-state index in [0.717, 1.165) is 25.9 Å². The zero-order valence-corrected chi connectivity index (χ0v) is 10.3. The first-order valence-electron chi connectivity index (χ1n) is 4.85. The van der Waals surface area contributed by atoms with E-state index >= 15 is 0 Å². The van der Waals surface area contributed by atoms with Gasteiger partial charge in [-0.15, -0.1) is 11.3 Å². The second-order valence-electron chi connectivity index (χ2n) is 3.85. The molecule has 1 aromatic heterocycles. The Balaban J connectivity index is 1.63. The number of thiophene rings is 1. The largest absolute Gasteiger partial charge is 0.393 e. The normalized spacial score (nSPS) is 26.1. The van der Waals surface area contributed by atoms with E-state index in [4.69, 9.17) is 5.11 Å². The van der Waals surface area contributed by atoms with E-state index in [-0.39, 0.29) is 6.10 Å². The topological polar surface area (TPSA) is 32.3 Å². The minimum absolute atomic E-state index is 0.0299. The average molecular weight is 276 g/mol. The van der Waals surface area contributed by atoms with Crippen molar-refractivity contribution in [3.63, 3.8) is 0 Å². The fourth-order valence-corrected chi connectivity index (χ4v) is 3.13. The molecule has 0 bridgehead atoms. The lowest BCUT2D eigenvalue weighted by molar-refractivity contribution is 0.0430. The molecule has 2 nitrogen and oxygen atoms in total. The number of aliphatic hydroxyl groups is 1. The zero-order chi connectivity index (χ0) is 9.97. The summed E-state index contributed by atoms with van der Waals surface area (Å²) in [5.74, 6) is 0.688. The van der Waals surface area contributed by atoms with E-state index in [1.807, 2.05) is 0 Å². The molecule has 14 heavy (non-hydrogen) atoms. The van der Waals surface area contributed by atoms with E-state index < -0.39 is 0 Å². The van der Waals surface area contributed by atoms with Crippen LogP contribution in [0.1, 0.15) is 17.7 Å². The van der Waals surface area contributed by atoms with Crippen LogP contribution in [0.3, 0.4) is 0 Å². The highest BCUT2D eigenvalue weighted by atomic mass is 79.9. The maximum absolute atomic E-state index is 9.11. The van der Waals surface area contributed by atoms with Crippen LogP contribution in [0.15, 0.2) is 15.9 Å². The van der Waals surface area contributed by atoms with E-state index in [2.05, 4.69) is 32.7 Å². The summed E-state index contributed by atoms with van der Waals surface area (Å²) in [6.45, 7) is 1.98. The van der Waals surface area contributed by atoms with Gasteiger partial charge in [0.25, 0.3) is 0 Å². The Morgan fingerprint density at radius 2 is 2.36 bits per heavy atom. The first-order chi connectivity index (χ1) is 6.74. The minimum atomic E-state index is -0.0299. The van der Waals surface area contributed by atoms with Gasteiger partial charge in [-0.05, 0) is 47.3 Å². The van der Waals surface area contributed by atoms with Crippen LogP contribution in [0.5, 0.6) is 0 Å². The second kappa shape index (κ2) is 4.75. The molecule has 1 aliphatic rings. The van der Waals surface area contributed by atoms with Gasteiger partial charge in [0.1, 0.15) is 0 Å². The van der Waals surface area contributed by atoms with E-state index in [1.165, 1.54) is 9.35 Å². The third-order valence-corrected chi connectivity index (χ3v) is 4.26. The number of nitrogens with one attached hydrogen (secondary N) is 1. The molecule has 0 spiro atoms. The van der Waals surface area contributed by atoms with Crippen LogP contribution < -0.4 is 5.32 Å². The molecule has 78 valence electrons. The Kier molecular flexibility index (Phi) is 3.60. The highest BCUT2D eigenvalue weighted by molar-refractivity contribution is 9.10. The van der Waals surface area contributed by atoms with Gasteiger partial charge >= 0.3 is 0 Å². The molecule has 1 saturated carbocycles. The standard InChI is InChI=1S/C10H14BrNOS/c11-8-3-10(14-6-8)5-12-4-7-1-9(13)2-7/h3,6-7,9,12-13H,1-2,4-5H2. The van der Waals surface area contributed by atoms with Gasteiger partial charge in [-0.25, -0.2) is 0 Å². The Bertz CT molecular complexity index is 296. The van der Waals surface area contributed by atoms with Crippen molar-refractivity contribution in [1.82, 2.24) is 5.32 Å². The summed E-state index contributed by atoms with van der Waals surface area (Å²) in [5, 5.41) is 14.6. The summed E-state index contributed by atoms with van der Waals surface area (Å²) >= 11 is 5.20. The van der Waals surface area contributed by atoms with Gasteiger partial charge in [0.05, 0.1) is 6.10 Å². The molecule has 2 rings (SSSR count).